The van der Waals surface area contributed by atoms with Crippen molar-refractivity contribution in [3.05, 3.63) is 83.9 Å². The molecule has 0 atom stereocenters. The highest BCUT2D eigenvalue weighted by Crippen LogP contribution is 2.21. The Bertz CT molecular complexity index is 886. The van der Waals surface area contributed by atoms with Crippen LogP contribution in [0.2, 0.25) is 0 Å². The summed E-state index contributed by atoms with van der Waals surface area (Å²) in [7, 11) is 0. The van der Waals surface area contributed by atoms with Gasteiger partial charge in [-0.05, 0) is 59.5 Å². The van der Waals surface area contributed by atoms with Crippen molar-refractivity contribution in [2.45, 2.75) is 6.42 Å². The van der Waals surface area contributed by atoms with Gasteiger partial charge in [-0.25, -0.2) is 0 Å². The molecule has 0 fully saturated rings. The van der Waals surface area contributed by atoms with Crippen molar-refractivity contribution < 1.29 is 10.2 Å². The van der Waals surface area contributed by atoms with Crippen LogP contribution in [-0.2, 0) is 6.42 Å². The summed E-state index contributed by atoms with van der Waals surface area (Å²) in [5.41, 5.74) is 4.33. The van der Waals surface area contributed by atoms with Gasteiger partial charge in [-0.3, -0.25) is 0 Å². The SMILES string of the molecule is Oc1ccc(CCNCC#Cc2ccc(-c3ccc(O)cc3)cc2)cc1. The molecule has 0 aliphatic rings. The summed E-state index contributed by atoms with van der Waals surface area (Å²) in [5.74, 6) is 6.85. The van der Waals surface area contributed by atoms with Crippen molar-refractivity contribution in [2.75, 3.05) is 13.1 Å². The van der Waals surface area contributed by atoms with Gasteiger partial charge in [-0.15, -0.1) is 0 Å². The third-order valence-corrected chi connectivity index (χ3v) is 4.06. The molecular weight excluding hydrogens is 322 g/mol. The van der Waals surface area contributed by atoms with Gasteiger partial charge in [0, 0.05) is 12.1 Å². The Morgan fingerprint density at radius 3 is 1.85 bits per heavy atom. The molecule has 0 aliphatic carbocycles. The fraction of sp³-hybridized carbons (Fsp3) is 0.130. The molecule has 0 aliphatic heterocycles. The summed E-state index contributed by atoms with van der Waals surface area (Å²) in [4.78, 5) is 0. The number of rotatable bonds is 5. The lowest BCUT2D eigenvalue weighted by atomic mass is 10.0. The van der Waals surface area contributed by atoms with Gasteiger partial charge in [0.05, 0.1) is 6.54 Å². The van der Waals surface area contributed by atoms with Crippen LogP contribution in [0.4, 0.5) is 0 Å². The van der Waals surface area contributed by atoms with Gasteiger partial charge in [0.25, 0.3) is 0 Å². The fourth-order valence-electron chi connectivity index (χ4n) is 2.59. The molecule has 0 heterocycles. The third kappa shape index (κ3) is 5.14. The van der Waals surface area contributed by atoms with Crippen LogP contribution < -0.4 is 5.32 Å². The monoisotopic (exact) mass is 343 g/mol. The van der Waals surface area contributed by atoms with Crippen LogP contribution in [0.3, 0.4) is 0 Å². The molecule has 26 heavy (non-hydrogen) atoms. The summed E-state index contributed by atoms with van der Waals surface area (Å²) >= 11 is 0. The number of hydrogen-bond acceptors (Lipinski definition) is 3. The third-order valence-electron chi connectivity index (χ3n) is 4.06. The maximum atomic E-state index is 9.35. The largest absolute Gasteiger partial charge is 0.508 e. The smallest absolute Gasteiger partial charge is 0.115 e. The first-order chi connectivity index (χ1) is 12.7. The van der Waals surface area contributed by atoms with E-state index in [1.165, 1.54) is 5.56 Å². The Hall–Kier alpha value is -3.22. The van der Waals surface area contributed by atoms with E-state index in [2.05, 4.69) is 17.2 Å². The van der Waals surface area contributed by atoms with Crippen LogP contribution in [0.25, 0.3) is 11.1 Å². The highest BCUT2D eigenvalue weighted by molar-refractivity contribution is 5.65. The molecule has 3 N–H and O–H groups in total. The minimum absolute atomic E-state index is 0.272. The molecule has 0 aromatic heterocycles. The molecule has 130 valence electrons. The molecule has 0 spiro atoms. The van der Waals surface area contributed by atoms with Crippen LogP contribution in [0.15, 0.2) is 72.8 Å². The highest BCUT2D eigenvalue weighted by atomic mass is 16.3. The van der Waals surface area contributed by atoms with E-state index in [9.17, 15) is 10.2 Å². The molecule has 3 aromatic carbocycles. The van der Waals surface area contributed by atoms with Crippen molar-refractivity contribution in [1.82, 2.24) is 5.32 Å². The van der Waals surface area contributed by atoms with Gasteiger partial charge < -0.3 is 15.5 Å². The summed E-state index contributed by atoms with van der Waals surface area (Å²) in [6.07, 6.45) is 0.906. The number of benzene rings is 3. The molecule has 0 radical (unpaired) electrons. The van der Waals surface area contributed by atoms with E-state index >= 15 is 0 Å². The van der Waals surface area contributed by atoms with Gasteiger partial charge in [0.15, 0.2) is 0 Å². The summed E-state index contributed by atoms with van der Waals surface area (Å²) in [6, 6.07) is 22.5. The first-order valence-corrected chi connectivity index (χ1v) is 8.58. The van der Waals surface area contributed by atoms with Crippen molar-refractivity contribution in [2.24, 2.45) is 0 Å². The zero-order valence-electron chi connectivity index (χ0n) is 14.4. The van der Waals surface area contributed by atoms with E-state index in [4.69, 9.17) is 0 Å². The van der Waals surface area contributed by atoms with E-state index < -0.39 is 0 Å². The first-order valence-electron chi connectivity index (χ1n) is 8.58. The van der Waals surface area contributed by atoms with Crippen LogP contribution in [0.1, 0.15) is 11.1 Å². The molecule has 0 bridgehead atoms. The molecule has 0 saturated heterocycles. The lowest BCUT2D eigenvalue weighted by Gasteiger charge is -2.02. The number of nitrogens with one attached hydrogen (secondary N) is 1. The van der Waals surface area contributed by atoms with Crippen LogP contribution >= 0.6 is 0 Å². The van der Waals surface area contributed by atoms with Gasteiger partial charge >= 0.3 is 0 Å². The first kappa shape index (κ1) is 17.6. The Labute approximate surface area is 154 Å². The second kappa shape index (κ2) is 8.75. The molecule has 0 saturated carbocycles. The molecule has 0 unspecified atom stereocenters. The minimum atomic E-state index is 0.272. The van der Waals surface area contributed by atoms with E-state index in [1.54, 1.807) is 24.3 Å². The van der Waals surface area contributed by atoms with Gasteiger partial charge in [-0.2, -0.15) is 0 Å². The Balaban J connectivity index is 1.46. The Morgan fingerprint density at radius 1 is 0.692 bits per heavy atom. The Kier molecular flexibility index (Phi) is 5.92. The van der Waals surface area contributed by atoms with E-state index in [1.807, 2.05) is 48.5 Å². The second-order valence-corrected chi connectivity index (χ2v) is 6.02. The molecule has 0 amide bonds. The summed E-state index contributed by atoms with van der Waals surface area (Å²) in [6.45, 7) is 1.48. The average molecular weight is 343 g/mol. The normalized spacial score (nSPS) is 10.2. The molecule has 3 nitrogen and oxygen atoms in total. The number of aromatic hydroxyl groups is 2. The zero-order chi connectivity index (χ0) is 18.2. The predicted molar refractivity (Wildman–Crippen MR) is 105 cm³/mol. The number of phenols is 2. The fourth-order valence-corrected chi connectivity index (χ4v) is 2.59. The summed E-state index contributed by atoms with van der Waals surface area (Å²) < 4.78 is 0. The lowest BCUT2D eigenvalue weighted by molar-refractivity contribution is 0.474. The van der Waals surface area contributed by atoms with Crippen LogP contribution in [0, 0.1) is 11.8 Å². The lowest BCUT2D eigenvalue weighted by Crippen LogP contribution is -2.17. The number of hydrogen-bond donors (Lipinski definition) is 3. The van der Waals surface area contributed by atoms with Crippen molar-refractivity contribution >= 4 is 0 Å². The predicted octanol–water partition coefficient (Wildman–Crippen LogP) is 3.95. The second-order valence-electron chi connectivity index (χ2n) is 6.02. The van der Waals surface area contributed by atoms with Gasteiger partial charge in [0.2, 0.25) is 0 Å². The molecular formula is C23H21NO2. The maximum absolute atomic E-state index is 9.35. The average Bonchev–Trinajstić information content (AvgIpc) is 2.67. The van der Waals surface area contributed by atoms with E-state index in [0.717, 1.165) is 29.7 Å². The Morgan fingerprint density at radius 2 is 1.23 bits per heavy atom. The highest BCUT2D eigenvalue weighted by Gasteiger charge is 1.97. The van der Waals surface area contributed by atoms with Gasteiger partial charge in [0.1, 0.15) is 11.5 Å². The quantitative estimate of drug-likeness (QED) is 0.486. The van der Waals surface area contributed by atoms with E-state index in [-0.39, 0.29) is 5.75 Å². The zero-order valence-corrected chi connectivity index (χ0v) is 14.4. The molecule has 3 aromatic rings. The van der Waals surface area contributed by atoms with Crippen molar-refractivity contribution in [3.63, 3.8) is 0 Å². The summed E-state index contributed by atoms with van der Waals surface area (Å²) in [5, 5.41) is 21.9. The van der Waals surface area contributed by atoms with Crippen LogP contribution in [0.5, 0.6) is 11.5 Å². The van der Waals surface area contributed by atoms with Gasteiger partial charge in [-0.1, -0.05) is 48.2 Å². The molecule has 3 rings (SSSR count). The van der Waals surface area contributed by atoms with Crippen molar-refractivity contribution in [3.8, 4) is 34.5 Å². The van der Waals surface area contributed by atoms with Crippen molar-refractivity contribution in [1.29, 1.82) is 0 Å². The topological polar surface area (TPSA) is 52.5 Å². The maximum Gasteiger partial charge on any atom is 0.115 e. The number of phenolic OH excluding ortho intramolecular Hbond substituents is 2. The van der Waals surface area contributed by atoms with Crippen LogP contribution in [-0.4, -0.2) is 23.3 Å². The molecule has 3 heteroatoms. The standard InChI is InChI=1S/C23H21NO2/c25-22-11-5-19(6-12-22)15-17-24-16-1-2-18-3-7-20(8-4-18)21-9-13-23(26)14-10-21/h3-14,24-26H,15-17H2. The minimum Gasteiger partial charge on any atom is -0.508 e. The van der Waals surface area contributed by atoms with E-state index in [0.29, 0.717) is 12.3 Å².